The molecule has 6 nitrogen and oxygen atoms in total. The van der Waals surface area contributed by atoms with Crippen LogP contribution in [0.2, 0.25) is 5.02 Å². The third kappa shape index (κ3) is 4.51. The quantitative estimate of drug-likeness (QED) is 0.685. The summed E-state index contributed by atoms with van der Waals surface area (Å²) in [5.41, 5.74) is 1.10. The lowest BCUT2D eigenvalue weighted by atomic mass is 9.97. The molecule has 2 aromatic rings. The zero-order chi connectivity index (χ0) is 21.1. The molecule has 8 heteroatoms. The number of rotatable bonds is 4. The van der Waals surface area contributed by atoms with Gasteiger partial charge in [-0.25, -0.2) is 4.39 Å². The van der Waals surface area contributed by atoms with E-state index in [1.54, 1.807) is 17.0 Å². The number of fused-ring (bicyclic) bond motifs is 1. The first kappa shape index (κ1) is 20.5. The van der Waals surface area contributed by atoms with Gasteiger partial charge in [-0.1, -0.05) is 11.6 Å². The summed E-state index contributed by atoms with van der Waals surface area (Å²) < 4.78 is 29.6. The van der Waals surface area contributed by atoms with Crippen LogP contribution in [0.4, 0.5) is 4.39 Å². The Bertz CT molecular complexity index is 949. The van der Waals surface area contributed by atoms with E-state index in [4.69, 9.17) is 25.8 Å². The molecule has 0 spiro atoms. The van der Waals surface area contributed by atoms with Gasteiger partial charge in [-0.05, 0) is 54.8 Å². The third-order valence-corrected chi connectivity index (χ3v) is 5.45. The lowest BCUT2D eigenvalue weighted by Crippen LogP contribution is -2.42. The highest BCUT2D eigenvalue weighted by atomic mass is 35.5. The molecule has 158 valence electrons. The Kier molecular flexibility index (Phi) is 6.08. The fourth-order valence-electron chi connectivity index (χ4n) is 3.65. The van der Waals surface area contributed by atoms with Gasteiger partial charge in [-0.3, -0.25) is 9.59 Å². The molecule has 2 aliphatic heterocycles. The van der Waals surface area contributed by atoms with Crippen molar-refractivity contribution in [3.05, 3.63) is 58.4 Å². The Hall–Kier alpha value is -2.80. The number of amides is 1. The van der Waals surface area contributed by atoms with Crippen LogP contribution in [0.15, 0.2) is 36.4 Å². The van der Waals surface area contributed by atoms with Gasteiger partial charge in [0.15, 0.2) is 11.5 Å². The molecule has 0 radical (unpaired) electrons. The van der Waals surface area contributed by atoms with Gasteiger partial charge in [0.25, 0.3) is 5.91 Å². The molecule has 4 rings (SSSR count). The van der Waals surface area contributed by atoms with E-state index in [1.807, 2.05) is 0 Å². The van der Waals surface area contributed by atoms with Crippen LogP contribution in [0.1, 0.15) is 28.8 Å². The lowest BCUT2D eigenvalue weighted by molar-refractivity contribution is -0.151. The standard InChI is InChI=1S/C22H21ClFNO5/c23-18-10-14(11-19-20(18)29-9-8-28-19)13-30-22(27)16-2-1-7-25(12-16)21(26)15-3-5-17(24)6-4-15/h3-6,10-11,16H,1-2,7-9,12-13H2/t16-/m1/s1. The number of benzene rings is 2. The van der Waals surface area contributed by atoms with Crippen LogP contribution in [0.25, 0.3) is 0 Å². The van der Waals surface area contributed by atoms with Crippen LogP contribution >= 0.6 is 11.6 Å². The van der Waals surface area contributed by atoms with Gasteiger partial charge in [0.05, 0.1) is 10.9 Å². The molecule has 2 aromatic carbocycles. The van der Waals surface area contributed by atoms with Gasteiger partial charge >= 0.3 is 5.97 Å². The molecule has 0 aromatic heterocycles. The second-order valence-corrected chi connectivity index (χ2v) is 7.71. The minimum Gasteiger partial charge on any atom is -0.486 e. The number of carbonyl (C=O) groups excluding carboxylic acids is 2. The molecule has 2 aliphatic rings. The van der Waals surface area contributed by atoms with Crippen LogP contribution in [0, 0.1) is 11.7 Å². The molecule has 1 fully saturated rings. The topological polar surface area (TPSA) is 65.1 Å². The lowest BCUT2D eigenvalue weighted by Gasteiger charge is -2.31. The number of likely N-dealkylation sites (tertiary alicyclic amines) is 1. The van der Waals surface area contributed by atoms with Crippen molar-refractivity contribution in [2.24, 2.45) is 5.92 Å². The Balaban J connectivity index is 1.36. The number of hydrogen-bond donors (Lipinski definition) is 0. The number of piperidine rings is 1. The normalized spacial score (nSPS) is 18.1. The van der Waals surface area contributed by atoms with Crippen molar-refractivity contribution in [2.75, 3.05) is 26.3 Å². The number of carbonyl (C=O) groups is 2. The van der Waals surface area contributed by atoms with Crippen molar-refractivity contribution in [1.82, 2.24) is 4.90 Å². The van der Waals surface area contributed by atoms with Gasteiger partial charge in [-0.2, -0.15) is 0 Å². The predicted molar refractivity (Wildman–Crippen MR) is 107 cm³/mol. The monoisotopic (exact) mass is 433 g/mol. The minimum absolute atomic E-state index is 0.0532. The fourth-order valence-corrected chi connectivity index (χ4v) is 3.94. The van der Waals surface area contributed by atoms with Gasteiger partial charge in [0.2, 0.25) is 0 Å². The summed E-state index contributed by atoms with van der Waals surface area (Å²) in [5, 5.41) is 0.409. The van der Waals surface area contributed by atoms with Gasteiger partial charge in [0.1, 0.15) is 25.6 Å². The summed E-state index contributed by atoms with van der Waals surface area (Å²) in [7, 11) is 0. The molecule has 0 saturated carbocycles. The van der Waals surface area contributed by atoms with Crippen molar-refractivity contribution in [2.45, 2.75) is 19.4 Å². The van der Waals surface area contributed by atoms with Crippen LogP contribution in [0.3, 0.4) is 0 Å². The first-order chi connectivity index (χ1) is 14.5. The Labute approximate surface area is 178 Å². The van der Waals surface area contributed by atoms with E-state index >= 15 is 0 Å². The Morgan fingerprint density at radius 1 is 1.17 bits per heavy atom. The molecule has 0 unspecified atom stereocenters. The second kappa shape index (κ2) is 8.92. The summed E-state index contributed by atoms with van der Waals surface area (Å²) in [4.78, 5) is 26.9. The van der Waals surface area contributed by atoms with E-state index in [9.17, 15) is 14.0 Å². The Morgan fingerprint density at radius 2 is 1.93 bits per heavy atom. The highest BCUT2D eigenvalue weighted by Gasteiger charge is 2.30. The molecule has 0 N–H and O–H groups in total. The highest BCUT2D eigenvalue weighted by molar-refractivity contribution is 6.32. The van der Waals surface area contributed by atoms with Crippen molar-refractivity contribution in [3.63, 3.8) is 0 Å². The summed E-state index contributed by atoms with van der Waals surface area (Å²) >= 11 is 6.22. The SMILES string of the molecule is O=C(OCc1cc(Cl)c2c(c1)OCCO2)[C@@H]1CCCN(C(=O)c2ccc(F)cc2)C1. The van der Waals surface area contributed by atoms with Crippen LogP contribution in [0.5, 0.6) is 11.5 Å². The second-order valence-electron chi connectivity index (χ2n) is 7.31. The van der Waals surface area contributed by atoms with Crippen LogP contribution < -0.4 is 9.47 Å². The third-order valence-electron chi connectivity index (χ3n) is 5.17. The van der Waals surface area contributed by atoms with Crippen molar-refractivity contribution < 1.29 is 28.2 Å². The average Bonchev–Trinajstić information content (AvgIpc) is 2.77. The zero-order valence-electron chi connectivity index (χ0n) is 16.2. The van der Waals surface area contributed by atoms with E-state index in [2.05, 4.69) is 0 Å². The number of nitrogens with zero attached hydrogens (tertiary/aromatic N) is 1. The van der Waals surface area contributed by atoms with Gasteiger partial charge in [-0.15, -0.1) is 0 Å². The predicted octanol–water partition coefficient (Wildman–Crippen LogP) is 3.85. The summed E-state index contributed by atoms with van der Waals surface area (Å²) in [6.45, 7) is 1.76. The van der Waals surface area contributed by atoms with Gasteiger partial charge < -0.3 is 19.1 Å². The molecule has 2 heterocycles. The molecule has 0 bridgehead atoms. The number of esters is 1. The average molecular weight is 434 g/mol. The molecular formula is C22H21ClFNO5. The largest absolute Gasteiger partial charge is 0.486 e. The van der Waals surface area contributed by atoms with E-state index in [1.165, 1.54) is 24.3 Å². The van der Waals surface area contributed by atoms with Gasteiger partial charge in [0, 0.05) is 18.7 Å². The van der Waals surface area contributed by atoms with Crippen LogP contribution in [-0.2, 0) is 16.1 Å². The number of ether oxygens (including phenoxy) is 3. The number of hydrogen-bond acceptors (Lipinski definition) is 5. The summed E-state index contributed by atoms with van der Waals surface area (Å²) in [6, 6.07) is 8.84. The highest BCUT2D eigenvalue weighted by Crippen LogP contribution is 2.38. The van der Waals surface area contributed by atoms with Crippen molar-refractivity contribution >= 4 is 23.5 Å². The maximum atomic E-state index is 13.1. The molecule has 1 amide bonds. The first-order valence-electron chi connectivity index (χ1n) is 9.81. The fraction of sp³-hybridized carbons (Fsp3) is 0.364. The van der Waals surface area contributed by atoms with Crippen molar-refractivity contribution in [1.29, 1.82) is 0 Å². The molecular weight excluding hydrogens is 413 g/mol. The maximum absolute atomic E-state index is 13.1. The summed E-state index contributed by atoms with van der Waals surface area (Å²) in [5.74, 6) is -0.348. The maximum Gasteiger partial charge on any atom is 0.311 e. The van der Waals surface area contributed by atoms with Crippen LogP contribution in [-0.4, -0.2) is 43.1 Å². The smallest absolute Gasteiger partial charge is 0.311 e. The Morgan fingerprint density at radius 3 is 2.73 bits per heavy atom. The molecule has 0 aliphatic carbocycles. The minimum atomic E-state index is -0.407. The molecule has 30 heavy (non-hydrogen) atoms. The van der Waals surface area contributed by atoms with Crippen molar-refractivity contribution in [3.8, 4) is 11.5 Å². The first-order valence-corrected chi connectivity index (χ1v) is 10.2. The van der Waals surface area contributed by atoms with E-state index < -0.39 is 11.7 Å². The molecule has 1 saturated heterocycles. The summed E-state index contributed by atoms with van der Waals surface area (Å²) in [6.07, 6.45) is 1.34. The van der Waals surface area contributed by atoms with E-state index in [0.717, 1.165) is 0 Å². The zero-order valence-corrected chi connectivity index (χ0v) is 17.0. The van der Waals surface area contributed by atoms with E-state index in [-0.39, 0.29) is 25.0 Å². The van der Waals surface area contributed by atoms with E-state index in [0.29, 0.717) is 60.2 Å². The number of halogens is 2. The molecule has 1 atom stereocenters.